The highest BCUT2D eigenvalue weighted by Crippen LogP contribution is 2.61. The molecular formula is C25H26N6O. The number of nitrogens with two attached hydrogens (primary N) is 1. The van der Waals surface area contributed by atoms with Gasteiger partial charge in [-0.25, -0.2) is 4.98 Å². The maximum Gasteiger partial charge on any atom is 0.251 e. The minimum atomic E-state index is -0.220. The first kappa shape index (κ1) is 20.3. The molecule has 162 valence electrons. The van der Waals surface area contributed by atoms with E-state index in [1.807, 2.05) is 51.4 Å². The second kappa shape index (κ2) is 6.92. The van der Waals surface area contributed by atoms with Gasteiger partial charge >= 0.3 is 0 Å². The Morgan fingerprint density at radius 2 is 1.97 bits per heavy atom. The summed E-state index contributed by atoms with van der Waals surface area (Å²) in [5, 5.41) is 17.0. The van der Waals surface area contributed by atoms with Gasteiger partial charge in [0.1, 0.15) is 5.82 Å². The summed E-state index contributed by atoms with van der Waals surface area (Å²) < 4.78 is 1.76. The normalized spacial score (nSPS) is 23.4. The monoisotopic (exact) mass is 426 g/mol. The summed E-state index contributed by atoms with van der Waals surface area (Å²) >= 11 is 0. The summed E-state index contributed by atoms with van der Waals surface area (Å²) in [6, 6.07) is 10.2. The Bertz CT molecular complexity index is 1290. The number of benzene rings is 1. The Kier molecular flexibility index (Phi) is 4.38. The predicted molar refractivity (Wildman–Crippen MR) is 122 cm³/mol. The number of nitrogens with zero attached hydrogens (tertiary/aromatic N) is 4. The Morgan fingerprint density at radius 3 is 2.62 bits per heavy atom. The van der Waals surface area contributed by atoms with Gasteiger partial charge in [-0.15, -0.1) is 0 Å². The summed E-state index contributed by atoms with van der Waals surface area (Å²) in [4.78, 5) is 17.5. The van der Waals surface area contributed by atoms with Crippen LogP contribution in [0.2, 0.25) is 0 Å². The van der Waals surface area contributed by atoms with Crippen LogP contribution < -0.4 is 11.1 Å². The van der Waals surface area contributed by atoms with Crippen molar-refractivity contribution in [3.8, 4) is 28.3 Å². The largest absolute Gasteiger partial charge is 0.383 e. The van der Waals surface area contributed by atoms with Crippen molar-refractivity contribution in [1.29, 1.82) is 5.26 Å². The quantitative estimate of drug-likeness (QED) is 0.657. The van der Waals surface area contributed by atoms with Gasteiger partial charge < -0.3 is 11.1 Å². The van der Waals surface area contributed by atoms with E-state index in [-0.39, 0.29) is 16.9 Å². The molecule has 3 aliphatic rings. The molecule has 0 aliphatic heterocycles. The Labute approximate surface area is 187 Å². The Morgan fingerprint density at radius 1 is 1.19 bits per heavy atom. The molecule has 1 amide bonds. The van der Waals surface area contributed by atoms with Crippen molar-refractivity contribution < 1.29 is 4.79 Å². The first-order chi connectivity index (χ1) is 15.2. The van der Waals surface area contributed by atoms with E-state index in [1.165, 1.54) is 0 Å². The fourth-order valence-electron chi connectivity index (χ4n) is 5.45. The number of aromatic nitrogens is 3. The van der Waals surface area contributed by atoms with Gasteiger partial charge in [-0.05, 0) is 68.9 Å². The molecule has 0 radical (unpaired) electrons. The van der Waals surface area contributed by atoms with Crippen LogP contribution in [0.1, 0.15) is 47.3 Å². The molecule has 6 rings (SSSR count). The van der Waals surface area contributed by atoms with Crippen LogP contribution in [0.15, 0.2) is 36.7 Å². The van der Waals surface area contributed by atoms with Gasteiger partial charge in [0, 0.05) is 47.2 Å². The van der Waals surface area contributed by atoms with Gasteiger partial charge in [0.2, 0.25) is 0 Å². The van der Waals surface area contributed by atoms with E-state index in [1.54, 1.807) is 10.9 Å². The van der Waals surface area contributed by atoms with Gasteiger partial charge in [-0.1, -0.05) is 6.07 Å². The number of nitriles is 1. The fourth-order valence-corrected chi connectivity index (χ4v) is 5.45. The van der Waals surface area contributed by atoms with E-state index in [9.17, 15) is 10.1 Å². The summed E-state index contributed by atoms with van der Waals surface area (Å²) in [6.45, 7) is 3.97. The molecule has 1 aromatic carbocycles. The molecule has 3 aromatic rings. The number of nitrogens with one attached hydrogen (secondary N) is 1. The van der Waals surface area contributed by atoms with E-state index in [0.717, 1.165) is 59.2 Å². The third-order valence-electron chi connectivity index (χ3n) is 7.08. The number of pyridine rings is 1. The third kappa shape index (κ3) is 3.14. The van der Waals surface area contributed by atoms with Crippen molar-refractivity contribution in [2.75, 3.05) is 5.73 Å². The molecule has 3 saturated carbocycles. The van der Waals surface area contributed by atoms with Crippen LogP contribution >= 0.6 is 0 Å². The summed E-state index contributed by atoms with van der Waals surface area (Å²) in [5.41, 5.74) is 11.9. The second-order valence-corrected chi connectivity index (χ2v) is 9.47. The van der Waals surface area contributed by atoms with Crippen LogP contribution in [-0.2, 0) is 7.05 Å². The van der Waals surface area contributed by atoms with Crippen LogP contribution in [0, 0.1) is 30.6 Å². The lowest BCUT2D eigenvalue weighted by Gasteiger charge is -2.43. The SMILES string of the molecule is Cc1ccc(C(=O)NC23CCC(C#N)(C2)C3)cc1-c1cnc(N)c(-c2cn(C)nc2C)c1. The molecule has 0 unspecified atom stereocenters. The van der Waals surface area contributed by atoms with E-state index >= 15 is 0 Å². The zero-order valence-electron chi connectivity index (χ0n) is 18.6. The van der Waals surface area contributed by atoms with Crippen molar-refractivity contribution in [2.24, 2.45) is 12.5 Å². The average Bonchev–Trinajstić information content (AvgIpc) is 3.39. The number of carbonyl (C=O) groups is 1. The highest BCUT2D eigenvalue weighted by Gasteiger charge is 2.61. The van der Waals surface area contributed by atoms with Crippen molar-refractivity contribution in [1.82, 2.24) is 20.1 Å². The molecule has 0 spiro atoms. The number of hydrogen-bond acceptors (Lipinski definition) is 5. The average molecular weight is 427 g/mol. The van der Waals surface area contributed by atoms with Gasteiger partial charge in [0.25, 0.3) is 5.91 Å². The minimum absolute atomic E-state index is 0.0913. The number of hydrogen-bond donors (Lipinski definition) is 2. The summed E-state index contributed by atoms with van der Waals surface area (Å²) in [7, 11) is 1.88. The van der Waals surface area contributed by atoms with Crippen LogP contribution in [0.3, 0.4) is 0 Å². The summed E-state index contributed by atoms with van der Waals surface area (Å²) in [5.74, 6) is 0.356. The molecule has 2 aromatic heterocycles. The lowest BCUT2D eigenvalue weighted by atomic mass is 9.66. The Hall–Kier alpha value is -3.66. The van der Waals surface area contributed by atoms with Crippen LogP contribution in [0.5, 0.6) is 0 Å². The maximum atomic E-state index is 13.1. The zero-order chi connectivity index (χ0) is 22.7. The minimum Gasteiger partial charge on any atom is -0.383 e. The van der Waals surface area contributed by atoms with Gasteiger partial charge in [0.15, 0.2) is 0 Å². The first-order valence-electron chi connectivity index (χ1n) is 10.8. The van der Waals surface area contributed by atoms with Crippen LogP contribution in [-0.4, -0.2) is 26.2 Å². The first-order valence-corrected chi connectivity index (χ1v) is 10.8. The fraction of sp³-hybridized carbons (Fsp3) is 0.360. The van der Waals surface area contributed by atoms with Crippen molar-refractivity contribution in [2.45, 2.75) is 45.1 Å². The lowest BCUT2D eigenvalue weighted by Crippen LogP contribution is -2.55. The topological polar surface area (TPSA) is 110 Å². The molecule has 3 N–H and O–H groups in total. The molecule has 2 bridgehead atoms. The van der Waals surface area contributed by atoms with Gasteiger partial charge in [-0.3, -0.25) is 9.48 Å². The number of fused-ring (bicyclic) bond motifs is 1. The van der Waals surface area contributed by atoms with Crippen LogP contribution in [0.25, 0.3) is 22.3 Å². The van der Waals surface area contributed by atoms with Gasteiger partial charge in [0.05, 0.1) is 17.2 Å². The lowest BCUT2D eigenvalue weighted by molar-refractivity contribution is 0.0781. The van der Waals surface area contributed by atoms with Crippen molar-refractivity contribution >= 4 is 11.7 Å². The maximum absolute atomic E-state index is 13.1. The van der Waals surface area contributed by atoms with Crippen molar-refractivity contribution in [3.63, 3.8) is 0 Å². The molecule has 32 heavy (non-hydrogen) atoms. The Balaban J connectivity index is 1.46. The number of rotatable bonds is 4. The molecule has 2 heterocycles. The predicted octanol–water partition coefficient (Wildman–Crippen LogP) is 3.91. The highest BCUT2D eigenvalue weighted by molar-refractivity contribution is 5.96. The van der Waals surface area contributed by atoms with E-state index in [0.29, 0.717) is 11.4 Å². The number of carbonyl (C=O) groups excluding carboxylic acids is 1. The smallest absolute Gasteiger partial charge is 0.251 e. The molecule has 3 aliphatic carbocycles. The van der Waals surface area contributed by atoms with Crippen molar-refractivity contribution in [3.05, 3.63) is 53.5 Å². The molecular weight excluding hydrogens is 400 g/mol. The molecule has 7 nitrogen and oxygen atoms in total. The summed E-state index contributed by atoms with van der Waals surface area (Å²) in [6.07, 6.45) is 6.95. The second-order valence-electron chi connectivity index (χ2n) is 9.47. The standard InChI is InChI=1S/C25H26N6O/c1-15-4-5-17(23(32)29-25-7-6-24(12-25,13-25)14-26)8-19(15)18-9-20(22(27)28-10-18)21-11-31(3)30-16(21)2/h4-5,8-11H,6-7,12-13H2,1-3H3,(H2,27,28)(H,29,32). The van der Waals surface area contributed by atoms with E-state index in [4.69, 9.17) is 5.73 Å². The third-order valence-corrected chi connectivity index (χ3v) is 7.08. The number of aryl methyl sites for hydroxylation is 3. The number of nitrogen functional groups attached to an aromatic ring is 1. The van der Waals surface area contributed by atoms with Gasteiger partial charge in [-0.2, -0.15) is 10.4 Å². The number of anilines is 1. The highest BCUT2D eigenvalue weighted by atomic mass is 16.1. The molecule has 0 saturated heterocycles. The molecule has 0 atom stereocenters. The van der Waals surface area contributed by atoms with E-state index in [2.05, 4.69) is 21.5 Å². The van der Waals surface area contributed by atoms with E-state index < -0.39 is 0 Å². The molecule has 7 heteroatoms. The number of amides is 1. The van der Waals surface area contributed by atoms with Crippen LogP contribution in [0.4, 0.5) is 5.82 Å². The zero-order valence-corrected chi connectivity index (χ0v) is 18.6. The molecule has 3 fully saturated rings.